The van der Waals surface area contributed by atoms with Crippen LogP contribution in [0.4, 0.5) is 11.6 Å². The van der Waals surface area contributed by atoms with Crippen molar-refractivity contribution in [3.63, 3.8) is 0 Å². The molecule has 0 atom stereocenters. The van der Waals surface area contributed by atoms with Gasteiger partial charge in [0, 0.05) is 26.0 Å². The van der Waals surface area contributed by atoms with E-state index in [-0.39, 0.29) is 5.91 Å². The number of rotatable bonds is 6. The third-order valence-electron chi connectivity index (χ3n) is 2.70. The fourth-order valence-corrected chi connectivity index (χ4v) is 1.95. The van der Waals surface area contributed by atoms with Gasteiger partial charge in [0.15, 0.2) is 0 Å². The number of carbonyl (C=O) groups excluding carboxylic acids is 1. The summed E-state index contributed by atoms with van der Waals surface area (Å²) in [5.74, 6) is 0.0574. The number of anilines is 2. The van der Waals surface area contributed by atoms with Crippen molar-refractivity contribution < 1.29 is 9.53 Å². The van der Waals surface area contributed by atoms with E-state index in [0.29, 0.717) is 40.4 Å². The summed E-state index contributed by atoms with van der Waals surface area (Å²) in [6.45, 7) is 0.868. The maximum atomic E-state index is 11.8. The van der Waals surface area contributed by atoms with Gasteiger partial charge in [0.05, 0.1) is 27.9 Å². The summed E-state index contributed by atoms with van der Waals surface area (Å²) in [6.07, 6.45) is 2.85. The van der Waals surface area contributed by atoms with E-state index in [0.717, 1.165) is 0 Å². The first-order valence-electron chi connectivity index (χ1n) is 6.42. The van der Waals surface area contributed by atoms with Crippen molar-refractivity contribution in [2.24, 2.45) is 0 Å². The number of halogens is 2. The highest BCUT2D eigenvalue weighted by molar-refractivity contribution is 6.43. The van der Waals surface area contributed by atoms with E-state index in [9.17, 15) is 4.79 Å². The zero-order valence-corrected chi connectivity index (χ0v) is 13.3. The molecular weight excluding hydrogens is 327 g/mol. The molecule has 0 saturated heterocycles. The van der Waals surface area contributed by atoms with E-state index < -0.39 is 0 Å². The zero-order chi connectivity index (χ0) is 15.9. The molecule has 0 aliphatic heterocycles. The van der Waals surface area contributed by atoms with Gasteiger partial charge < -0.3 is 15.4 Å². The first-order valence-corrected chi connectivity index (χ1v) is 7.17. The van der Waals surface area contributed by atoms with Crippen molar-refractivity contribution in [1.29, 1.82) is 0 Å². The van der Waals surface area contributed by atoms with Crippen molar-refractivity contribution in [3.05, 3.63) is 46.2 Å². The highest BCUT2D eigenvalue weighted by atomic mass is 35.5. The Morgan fingerprint density at radius 1 is 1.27 bits per heavy atom. The van der Waals surface area contributed by atoms with Crippen LogP contribution in [-0.2, 0) is 4.74 Å². The van der Waals surface area contributed by atoms with Gasteiger partial charge in [0.25, 0.3) is 5.91 Å². The molecule has 0 fully saturated rings. The maximum Gasteiger partial charge on any atom is 0.254 e. The Hall–Kier alpha value is -1.89. The molecule has 116 valence electrons. The standard InChI is InChI=1S/C14H14Cl2N4O2/c1-22-6-5-17-13(21)9-7-18-14(19-8-9)20-11-4-2-3-10(15)12(11)16/h2-4,7-8H,5-6H2,1H3,(H,17,21)(H,18,19,20). The smallest absolute Gasteiger partial charge is 0.254 e. The molecule has 1 aromatic carbocycles. The number of methoxy groups -OCH3 is 1. The molecule has 8 heteroatoms. The Kier molecular flexibility index (Phi) is 5.94. The first kappa shape index (κ1) is 16.5. The van der Waals surface area contributed by atoms with Crippen LogP contribution in [0, 0.1) is 0 Å². The predicted molar refractivity (Wildman–Crippen MR) is 86.0 cm³/mol. The number of aromatic nitrogens is 2. The van der Waals surface area contributed by atoms with E-state index in [1.807, 2.05) is 0 Å². The van der Waals surface area contributed by atoms with Gasteiger partial charge >= 0.3 is 0 Å². The van der Waals surface area contributed by atoms with Crippen LogP contribution in [0.25, 0.3) is 0 Å². The minimum atomic E-state index is -0.260. The molecule has 0 spiro atoms. The van der Waals surface area contributed by atoms with Crippen LogP contribution >= 0.6 is 23.2 Å². The summed E-state index contributed by atoms with van der Waals surface area (Å²) in [5, 5.41) is 6.44. The normalized spacial score (nSPS) is 10.3. The van der Waals surface area contributed by atoms with Crippen LogP contribution in [0.15, 0.2) is 30.6 Å². The van der Waals surface area contributed by atoms with Crippen LogP contribution in [0.1, 0.15) is 10.4 Å². The molecule has 0 bridgehead atoms. The van der Waals surface area contributed by atoms with Crippen LogP contribution in [0.2, 0.25) is 10.0 Å². The Balaban J connectivity index is 2.03. The van der Waals surface area contributed by atoms with Crippen molar-refractivity contribution in [2.45, 2.75) is 0 Å². The second-order valence-electron chi connectivity index (χ2n) is 4.27. The number of hydrogen-bond acceptors (Lipinski definition) is 5. The summed E-state index contributed by atoms with van der Waals surface area (Å²) >= 11 is 12.0. The molecule has 1 aromatic heterocycles. The lowest BCUT2D eigenvalue weighted by atomic mass is 10.3. The van der Waals surface area contributed by atoms with E-state index in [4.69, 9.17) is 27.9 Å². The SMILES string of the molecule is COCCNC(=O)c1cnc(Nc2cccc(Cl)c2Cl)nc1. The van der Waals surface area contributed by atoms with Crippen LogP contribution in [-0.4, -0.2) is 36.1 Å². The third kappa shape index (κ3) is 4.30. The molecule has 0 unspecified atom stereocenters. The number of carbonyl (C=O) groups is 1. The molecule has 0 aliphatic rings. The summed E-state index contributed by atoms with van der Waals surface area (Å²) in [6, 6.07) is 5.19. The Bertz CT molecular complexity index is 650. The number of ether oxygens (including phenoxy) is 1. The van der Waals surface area contributed by atoms with E-state index in [2.05, 4.69) is 20.6 Å². The molecule has 2 N–H and O–H groups in total. The number of nitrogens with zero attached hydrogens (tertiary/aromatic N) is 2. The maximum absolute atomic E-state index is 11.8. The number of amides is 1. The van der Waals surface area contributed by atoms with Gasteiger partial charge in [0.1, 0.15) is 0 Å². The average molecular weight is 341 g/mol. The lowest BCUT2D eigenvalue weighted by Gasteiger charge is -2.08. The minimum absolute atomic E-state index is 0.260. The largest absolute Gasteiger partial charge is 0.383 e. The van der Waals surface area contributed by atoms with E-state index in [1.165, 1.54) is 12.4 Å². The number of benzene rings is 1. The Morgan fingerprint density at radius 2 is 2.00 bits per heavy atom. The molecule has 2 aromatic rings. The molecule has 0 aliphatic carbocycles. The zero-order valence-electron chi connectivity index (χ0n) is 11.8. The molecule has 22 heavy (non-hydrogen) atoms. The molecule has 0 saturated carbocycles. The summed E-state index contributed by atoms with van der Waals surface area (Å²) in [5.41, 5.74) is 0.949. The molecule has 1 heterocycles. The Morgan fingerprint density at radius 3 is 2.68 bits per heavy atom. The van der Waals surface area contributed by atoms with Crippen LogP contribution in [0.3, 0.4) is 0 Å². The van der Waals surface area contributed by atoms with Gasteiger partial charge in [-0.15, -0.1) is 0 Å². The highest BCUT2D eigenvalue weighted by Crippen LogP contribution is 2.30. The monoisotopic (exact) mass is 340 g/mol. The van der Waals surface area contributed by atoms with Crippen molar-refractivity contribution in [1.82, 2.24) is 15.3 Å². The van der Waals surface area contributed by atoms with E-state index >= 15 is 0 Å². The van der Waals surface area contributed by atoms with Crippen LogP contribution < -0.4 is 10.6 Å². The highest BCUT2D eigenvalue weighted by Gasteiger charge is 2.08. The fraction of sp³-hybridized carbons (Fsp3) is 0.214. The molecule has 2 rings (SSSR count). The van der Waals surface area contributed by atoms with Crippen molar-refractivity contribution >= 4 is 40.7 Å². The number of hydrogen-bond donors (Lipinski definition) is 2. The topological polar surface area (TPSA) is 76.1 Å². The summed E-state index contributed by atoms with van der Waals surface area (Å²) < 4.78 is 4.86. The van der Waals surface area contributed by atoms with Gasteiger partial charge in [-0.1, -0.05) is 29.3 Å². The lowest BCUT2D eigenvalue weighted by Crippen LogP contribution is -2.27. The van der Waals surface area contributed by atoms with E-state index in [1.54, 1.807) is 25.3 Å². The van der Waals surface area contributed by atoms with Gasteiger partial charge in [-0.05, 0) is 12.1 Å². The van der Waals surface area contributed by atoms with Gasteiger partial charge in [-0.2, -0.15) is 0 Å². The number of nitrogens with one attached hydrogen (secondary N) is 2. The second-order valence-corrected chi connectivity index (χ2v) is 5.06. The molecular formula is C14H14Cl2N4O2. The predicted octanol–water partition coefficient (Wildman–Crippen LogP) is 2.90. The molecule has 1 amide bonds. The van der Waals surface area contributed by atoms with Gasteiger partial charge in [-0.25, -0.2) is 9.97 Å². The van der Waals surface area contributed by atoms with Crippen molar-refractivity contribution in [2.75, 3.05) is 25.6 Å². The third-order valence-corrected chi connectivity index (χ3v) is 3.52. The van der Waals surface area contributed by atoms with Gasteiger partial charge in [-0.3, -0.25) is 4.79 Å². The fourth-order valence-electron chi connectivity index (χ4n) is 1.60. The second kappa shape index (κ2) is 7.93. The van der Waals surface area contributed by atoms with Crippen molar-refractivity contribution in [3.8, 4) is 0 Å². The first-order chi connectivity index (χ1) is 10.6. The summed E-state index contributed by atoms with van der Waals surface area (Å²) in [4.78, 5) is 19.9. The lowest BCUT2D eigenvalue weighted by molar-refractivity contribution is 0.0936. The van der Waals surface area contributed by atoms with Gasteiger partial charge in [0.2, 0.25) is 5.95 Å². The summed E-state index contributed by atoms with van der Waals surface area (Å²) in [7, 11) is 1.57. The van der Waals surface area contributed by atoms with Crippen LogP contribution in [0.5, 0.6) is 0 Å². The molecule has 0 radical (unpaired) electrons. The Labute approximate surface area is 137 Å². The average Bonchev–Trinajstić information content (AvgIpc) is 2.53. The molecule has 6 nitrogen and oxygen atoms in total. The minimum Gasteiger partial charge on any atom is -0.383 e. The quantitative estimate of drug-likeness (QED) is 0.790.